The van der Waals surface area contributed by atoms with E-state index in [1.165, 1.54) is 0 Å². The molecular formula is C13H14N2OS. The van der Waals surface area contributed by atoms with Crippen LogP contribution >= 0.6 is 11.3 Å². The van der Waals surface area contributed by atoms with E-state index in [2.05, 4.69) is 5.10 Å². The van der Waals surface area contributed by atoms with Gasteiger partial charge in [-0.05, 0) is 37.4 Å². The van der Waals surface area contributed by atoms with E-state index in [9.17, 15) is 4.79 Å². The summed E-state index contributed by atoms with van der Waals surface area (Å²) in [5.41, 5.74) is 2.40. The normalized spacial score (nSPS) is 11.2. The van der Waals surface area contributed by atoms with Gasteiger partial charge in [0.05, 0.1) is 11.3 Å². The molecule has 0 aliphatic carbocycles. The summed E-state index contributed by atoms with van der Waals surface area (Å²) in [5, 5.41) is 6.23. The van der Waals surface area contributed by atoms with Crippen molar-refractivity contribution in [1.29, 1.82) is 0 Å². The summed E-state index contributed by atoms with van der Waals surface area (Å²) in [6, 6.07) is 3.95. The minimum Gasteiger partial charge on any atom is -0.289 e. The van der Waals surface area contributed by atoms with Crippen molar-refractivity contribution in [3.8, 4) is 0 Å². The topological polar surface area (TPSA) is 34.9 Å². The van der Waals surface area contributed by atoms with Crippen LogP contribution in [0.15, 0.2) is 23.6 Å². The first-order valence-corrected chi connectivity index (χ1v) is 6.23. The van der Waals surface area contributed by atoms with E-state index in [1.54, 1.807) is 22.1 Å². The summed E-state index contributed by atoms with van der Waals surface area (Å²) in [6.07, 6.45) is 3.46. The molecule has 0 bridgehead atoms. The van der Waals surface area contributed by atoms with Gasteiger partial charge in [0.1, 0.15) is 0 Å². The third-order valence-electron chi connectivity index (χ3n) is 2.70. The number of nitrogens with zero attached hydrogens (tertiary/aromatic N) is 2. The summed E-state index contributed by atoms with van der Waals surface area (Å²) in [4.78, 5) is 13.1. The Labute approximate surface area is 104 Å². The Balaban J connectivity index is 2.26. The highest BCUT2D eigenvalue weighted by atomic mass is 32.1. The highest BCUT2D eigenvalue weighted by Crippen LogP contribution is 2.15. The average Bonchev–Trinajstić information content (AvgIpc) is 2.86. The van der Waals surface area contributed by atoms with Gasteiger partial charge in [-0.2, -0.15) is 5.10 Å². The lowest BCUT2D eigenvalue weighted by molar-refractivity contribution is 0.104. The van der Waals surface area contributed by atoms with Gasteiger partial charge in [-0.25, -0.2) is 0 Å². The third kappa shape index (κ3) is 2.36. The summed E-state index contributed by atoms with van der Waals surface area (Å²) < 4.78 is 1.74. The summed E-state index contributed by atoms with van der Waals surface area (Å²) in [5.74, 6) is 0.0153. The molecule has 0 saturated carbocycles. The smallest absolute Gasteiger partial charge is 0.189 e. The molecule has 0 atom stereocenters. The predicted molar refractivity (Wildman–Crippen MR) is 70.4 cm³/mol. The van der Waals surface area contributed by atoms with E-state index in [1.807, 2.05) is 44.5 Å². The number of ketones is 1. The SMILES string of the molecule is Cc1nn(C)c(C)c1C(=O)C=Cc1cccs1. The van der Waals surface area contributed by atoms with E-state index < -0.39 is 0 Å². The molecular weight excluding hydrogens is 232 g/mol. The monoisotopic (exact) mass is 246 g/mol. The number of thiophene rings is 1. The molecule has 0 amide bonds. The van der Waals surface area contributed by atoms with Crippen molar-refractivity contribution in [2.45, 2.75) is 13.8 Å². The Morgan fingerprint density at radius 2 is 2.24 bits per heavy atom. The van der Waals surface area contributed by atoms with Crippen molar-refractivity contribution in [2.75, 3.05) is 0 Å². The van der Waals surface area contributed by atoms with Crippen LogP contribution in [0.1, 0.15) is 26.6 Å². The Bertz CT molecular complexity index is 565. The highest BCUT2D eigenvalue weighted by Gasteiger charge is 2.14. The molecule has 2 aromatic heterocycles. The van der Waals surface area contributed by atoms with Crippen molar-refractivity contribution in [1.82, 2.24) is 9.78 Å². The molecule has 0 aliphatic rings. The molecule has 0 unspecified atom stereocenters. The van der Waals surface area contributed by atoms with Gasteiger partial charge in [0.2, 0.25) is 0 Å². The summed E-state index contributed by atoms with van der Waals surface area (Å²) >= 11 is 1.61. The number of aryl methyl sites for hydroxylation is 2. The maximum Gasteiger partial charge on any atom is 0.189 e. The van der Waals surface area contributed by atoms with E-state index in [-0.39, 0.29) is 5.78 Å². The maximum absolute atomic E-state index is 12.1. The minimum atomic E-state index is 0.0153. The van der Waals surface area contributed by atoms with E-state index in [0.717, 1.165) is 16.3 Å². The number of carbonyl (C=O) groups excluding carboxylic acids is 1. The van der Waals surface area contributed by atoms with Crippen LogP contribution in [0, 0.1) is 13.8 Å². The van der Waals surface area contributed by atoms with Crippen LogP contribution in [0.25, 0.3) is 6.08 Å². The minimum absolute atomic E-state index is 0.0153. The van der Waals surface area contributed by atoms with Gasteiger partial charge in [0.25, 0.3) is 0 Å². The quantitative estimate of drug-likeness (QED) is 0.616. The Morgan fingerprint density at radius 1 is 1.47 bits per heavy atom. The van der Waals surface area contributed by atoms with Crippen molar-refractivity contribution in [2.24, 2.45) is 7.05 Å². The van der Waals surface area contributed by atoms with Gasteiger partial charge < -0.3 is 0 Å². The first-order chi connectivity index (χ1) is 8.09. The molecule has 0 spiro atoms. The Morgan fingerprint density at radius 3 is 2.76 bits per heavy atom. The Kier molecular flexibility index (Phi) is 3.24. The lowest BCUT2D eigenvalue weighted by Crippen LogP contribution is -1.99. The van der Waals surface area contributed by atoms with Crippen LogP contribution in [0.5, 0.6) is 0 Å². The molecule has 3 nitrogen and oxygen atoms in total. The van der Waals surface area contributed by atoms with Crippen molar-refractivity contribution in [3.05, 3.63) is 45.4 Å². The number of rotatable bonds is 3. The zero-order valence-corrected chi connectivity index (χ0v) is 10.9. The molecule has 0 N–H and O–H groups in total. The van der Waals surface area contributed by atoms with Gasteiger partial charge in [-0.3, -0.25) is 9.48 Å². The van der Waals surface area contributed by atoms with Gasteiger partial charge in [-0.15, -0.1) is 11.3 Å². The van der Waals surface area contributed by atoms with Crippen molar-refractivity contribution in [3.63, 3.8) is 0 Å². The molecule has 4 heteroatoms. The average molecular weight is 246 g/mol. The van der Waals surface area contributed by atoms with Crippen molar-refractivity contribution >= 4 is 23.2 Å². The molecule has 0 fully saturated rings. The fourth-order valence-corrected chi connectivity index (χ4v) is 2.38. The van der Waals surface area contributed by atoms with E-state index in [4.69, 9.17) is 0 Å². The van der Waals surface area contributed by atoms with Gasteiger partial charge in [0, 0.05) is 17.6 Å². The summed E-state index contributed by atoms with van der Waals surface area (Å²) in [6.45, 7) is 3.77. The molecule has 0 aliphatic heterocycles. The second-order valence-electron chi connectivity index (χ2n) is 3.88. The second kappa shape index (κ2) is 4.67. The fraction of sp³-hybridized carbons (Fsp3) is 0.231. The van der Waals surface area contributed by atoms with Crippen LogP contribution in [0.2, 0.25) is 0 Å². The number of allylic oxidation sites excluding steroid dienone is 1. The molecule has 0 saturated heterocycles. The first kappa shape index (κ1) is 11.8. The molecule has 2 heterocycles. The van der Waals surface area contributed by atoms with Crippen LogP contribution in [0.4, 0.5) is 0 Å². The molecule has 2 rings (SSSR count). The van der Waals surface area contributed by atoms with Gasteiger partial charge >= 0.3 is 0 Å². The van der Waals surface area contributed by atoms with Gasteiger partial charge in [-0.1, -0.05) is 6.07 Å². The molecule has 0 aromatic carbocycles. The number of hydrogen-bond donors (Lipinski definition) is 0. The first-order valence-electron chi connectivity index (χ1n) is 5.35. The standard InChI is InChI=1S/C13H14N2OS/c1-9-13(10(2)15(3)14-9)12(16)7-6-11-5-4-8-17-11/h4-8H,1-3H3. The predicted octanol–water partition coefficient (Wildman–Crippen LogP) is 2.99. The van der Waals surface area contributed by atoms with Crippen molar-refractivity contribution < 1.29 is 4.79 Å². The molecule has 2 aromatic rings. The number of aromatic nitrogens is 2. The van der Waals surface area contributed by atoms with Gasteiger partial charge in [0.15, 0.2) is 5.78 Å². The zero-order valence-electron chi connectivity index (χ0n) is 10.1. The Hall–Kier alpha value is -1.68. The van der Waals surface area contributed by atoms with Crippen LogP contribution in [-0.4, -0.2) is 15.6 Å². The van der Waals surface area contributed by atoms with Crippen LogP contribution < -0.4 is 0 Å². The molecule has 17 heavy (non-hydrogen) atoms. The fourth-order valence-electron chi connectivity index (χ4n) is 1.76. The number of hydrogen-bond acceptors (Lipinski definition) is 3. The second-order valence-corrected chi connectivity index (χ2v) is 4.86. The van der Waals surface area contributed by atoms with Crippen LogP contribution in [0.3, 0.4) is 0 Å². The lowest BCUT2D eigenvalue weighted by Gasteiger charge is -1.96. The maximum atomic E-state index is 12.1. The van der Waals surface area contributed by atoms with E-state index in [0.29, 0.717) is 5.56 Å². The zero-order chi connectivity index (χ0) is 12.4. The molecule has 88 valence electrons. The van der Waals surface area contributed by atoms with E-state index >= 15 is 0 Å². The third-order valence-corrected chi connectivity index (χ3v) is 3.54. The van der Waals surface area contributed by atoms with Crippen LogP contribution in [-0.2, 0) is 7.05 Å². The summed E-state index contributed by atoms with van der Waals surface area (Å²) in [7, 11) is 1.85. The largest absolute Gasteiger partial charge is 0.289 e. The highest BCUT2D eigenvalue weighted by molar-refractivity contribution is 7.10. The number of carbonyl (C=O) groups is 1. The molecule has 0 radical (unpaired) electrons. The lowest BCUT2D eigenvalue weighted by atomic mass is 10.1.